The quantitative estimate of drug-likeness (QED) is 0.389. The first-order valence-electron chi connectivity index (χ1n) is 8.02. The summed E-state index contributed by atoms with van der Waals surface area (Å²) in [5.74, 6) is 6.56. The van der Waals surface area contributed by atoms with E-state index in [1.807, 2.05) is 6.92 Å². The van der Waals surface area contributed by atoms with Crippen LogP contribution in [0.4, 0.5) is 5.95 Å². The Bertz CT molecular complexity index is 753. The largest absolute Gasteiger partial charge is 0.399 e. The molecule has 5 N–H and O–H groups in total. The maximum absolute atomic E-state index is 12.5. The van der Waals surface area contributed by atoms with Gasteiger partial charge in [0, 0.05) is 31.8 Å². The Kier molecular flexibility index (Phi) is 6.90. The molecule has 2 heterocycles. The molecule has 7 nitrogen and oxygen atoms in total. The van der Waals surface area contributed by atoms with E-state index in [2.05, 4.69) is 16.5 Å². The van der Waals surface area contributed by atoms with E-state index >= 15 is 0 Å². The zero-order chi connectivity index (χ0) is 19.3. The normalized spacial score (nSPS) is 18.5. The molecular weight excluding hydrogens is 375 g/mol. The van der Waals surface area contributed by atoms with Crippen LogP contribution < -0.4 is 16.6 Å². The number of aromatic amines is 1. The highest BCUT2D eigenvalue weighted by molar-refractivity contribution is 6.43. The Hall–Kier alpha value is -2.22. The van der Waals surface area contributed by atoms with E-state index in [1.54, 1.807) is 35.5 Å². The zero-order valence-electron chi connectivity index (χ0n) is 14.5. The third kappa shape index (κ3) is 4.69. The maximum Gasteiger partial charge on any atom is 0.226 e. The van der Waals surface area contributed by atoms with Crippen LogP contribution in [0, 0.1) is 0 Å². The van der Waals surface area contributed by atoms with Gasteiger partial charge in [-0.25, -0.2) is 10.8 Å². The molecule has 1 unspecified atom stereocenters. The van der Waals surface area contributed by atoms with Crippen molar-refractivity contribution >= 4 is 35.1 Å². The van der Waals surface area contributed by atoms with Gasteiger partial charge in [-0.1, -0.05) is 41.9 Å². The topological polar surface area (TPSA) is 104 Å². The zero-order valence-corrected chi connectivity index (χ0v) is 16.0. The van der Waals surface area contributed by atoms with Crippen LogP contribution in [0.1, 0.15) is 19.8 Å². The minimum Gasteiger partial charge on any atom is -0.399 e. The van der Waals surface area contributed by atoms with Crippen molar-refractivity contribution < 1.29 is 4.79 Å². The van der Waals surface area contributed by atoms with Crippen LogP contribution in [-0.2, 0) is 4.79 Å². The molecule has 0 bridgehead atoms. The molecule has 1 amide bonds. The number of imidazole rings is 1. The number of hydrogen-bond acceptors (Lipinski definition) is 5. The Morgan fingerprint density at radius 3 is 2.92 bits per heavy atom. The van der Waals surface area contributed by atoms with Crippen LogP contribution in [-0.4, -0.2) is 33.4 Å². The Labute approximate surface area is 162 Å². The van der Waals surface area contributed by atoms with Crippen LogP contribution in [0.5, 0.6) is 0 Å². The number of rotatable bonds is 6. The van der Waals surface area contributed by atoms with Crippen LogP contribution in [0.15, 0.2) is 58.7 Å². The van der Waals surface area contributed by atoms with Crippen LogP contribution in [0.25, 0.3) is 0 Å². The smallest absolute Gasteiger partial charge is 0.226 e. The number of allylic oxidation sites excluding steroid dienone is 4. The first-order chi connectivity index (χ1) is 12.3. The lowest BCUT2D eigenvalue weighted by Crippen LogP contribution is -2.49. The van der Waals surface area contributed by atoms with Gasteiger partial charge < -0.3 is 15.6 Å². The molecule has 0 saturated heterocycles. The van der Waals surface area contributed by atoms with Crippen molar-refractivity contribution in [1.82, 2.24) is 14.9 Å². The summed E-state index contributed by atoms with van der Waals surface area (Å²) < 4.78 is 0. The lowest BCUT2D eigenvalue weighted by atomic mass is 10.0. The number of nitrogens with one attached hydrogen (secondary N) is 1. The molecule has 1 aromatic heterocycles. The molecule has 0 aromatic carbocycles. The van der Waals surface area contributed by atoms with Gasteiger partial charge in [-0.05, 0) is 13.0 Å². The molecule has 2 rings (SSSR count). The Balaban J connectivity index is 2.02. The average Bonchev–Trinajstić information content (AvgIpc) is 3.14. The van der Waals surface area contributed by atoms with Gasteiger partial charge in [-0.2, -0.15) is 0 Å². The van der Waals surface area contributed by atoms with Crippen molar-refractivity contribution in [1.29, 1.82) is 0 Å². The van der Waals surface area contributed by atoms with E-state index in [4.69, 9.17) is 34.8 Å². The van der Waals surface area contributed by atoms with Gasteiger partial charge in [-0.15, -0.1) is 0 Å². The number of H-pyrrole nitrogens is 1. The average molecular weight is 397 g/mol. The lowest BCUT2D eigenvalue weighted by molar-refractivity contribution is -0.131. The second kappa shape index (κ2) is 8.93. The van der Waals surface area contributed by atoms with Crippen molar-refractivity contribution in [2.75, 3.05) is 11.6 Å². The molecule has 26 heavy (non-hydrogen) atoms. The van der Waals surface area contributed by atoms with E-state index in [-0.39, 0.29) is 23.4 Å². The lowest BCUT2D eigenvalue weighted by Gasteiger charge is -2.37. The highest BCUT2D eigenvalue weighted by atomic mass is 35.5. The van der Waals surface area contributed by atoms with Crippen LogP contribution in [0.2, 0.25) is 0 Å². The van der Waals surface area contributed by atoms with Gasteiger partial charge in [-0.3, -0.25) is 9.80 Å². The molecule has 1 aliphatic heterocycles. The van der Waals surface area contributed by atoms with Crippen molar-refractivity contribution in [2.24, 2.45) is 11.6 Å². The van der Waals surface area contributed by atoms with E-state index in [0.717, 1.165) is 5.70 Å². The molecule has 0 aliphatic carbocycles. The highest BCUT2D eigenvalue weighted by Crippen LogP contribution is 2.24. The molecule has 0 fully saturated rings. The summed E-state index contributed by atoms with van der Waals surface area (Å²) >= 11 is 11.5. The Morgan fingerprint density at radius 1 is 1.58 bits per heavy atom. The molecule has 1 atom stereocenters. The van der Waals surface area contributed by atoms with Crippen molar-refractivity contribution in [3.05, 3.63) is 58.7 Å². The van der Waals surface area contributed by atoms with Gasteiger partial charge in [0.25, 0.3) is 0 Å². The van der Waals surface area contributed by atoms with E-state index in [1.165, 1.54) is 5.01 Å². The number of nitrogens with zero attached hydrogens (tertiary/aromatic N) is 3. The first-order valence-corrected chi connectivity index (χ1v) is 8.77. The fourth-order valence-corrected chi connectivity index (χ4v) is 2.75. The SMILES string of the molecule is C=C(Cl)/C(Cl)=C\C=C/CC(=O)N1CCC(N(N)c2ncc[nH]2)=C(N)C1C. The monoisotopic (exact) mass is 396 g/mol. The number of amides is 1. The van der Waals surface area contributed by atoms with Gasteiger partial charge in [0.2, 0.25) is 11.9 Å². The number of nitrogens with two attached hydrogens (primary N) is 2. The third-order valence-electron chi connectivity index (χ3n) is 4.09. The summed E-state index contributed by atoms with van der Waals surface area (Å²) in [5, 5.41) is 2.01. The first kappa shape index (κ1) is 20.1. The van der Waals surface area contributed by atoms with Crippen molar-refractivity contribution in [3.63, 3.8) is 0 Å². The van der Waals surface area contributed by atoms with Crippen molar-refractivity contribution in [3.8, 4) is 0 Å². The molecule has 0 radical (unpaired) electrons. The third-order valence-corrected chi connectivity index (χ3v) is 4.75. The second-order valence-electron chi connectivity index (χ2n) is 5.75. The number of carbonyl (C=O) groups is 1. The fraction of sp³-hybridized carbons (Fsp3) is 0.294. The fourth-order valence-electron chi connectivity index (χ4n) is 2.62. The number of anilines is 1. The Morgan fingerprint density at radius 2 is 2.31 bits per heavy atom. The molecule has 1 aromatic rings. The molecule has 140 valence electrons. The van der Waals surface area contributed by atoms with E-state index in [0.29, 0.717) is 29.6 Å². The number of halogens is 2. The van der Waals surface area contributed by atoms with Gasteiger partial charge in [0.15, 0.2) is 0 Å². The predicted octanol–water partition coefficient (Wildman–Crippen LogP) is 2.70. The molecule has 1 aliphatic rings. The highest BCUT2D eigenvalue weighted by Gasteiger charge is 2.30. The molecular formula is C17H22Cl2N6O. The predicted molar refractivity (Wildman–Crippen MR) is 105 cm³/mol. The van der Waals surface area contributed by atoms with E-state index < -0.39 is 0 Å². The summed E-state index contributed by atoms with van der Waals surface area (Å²) in [6.07, 6.45) is 9.04. The minimum absolute atomic E-state index is 0.0356. The van der Waals surface area contributed by atoms with Crippen LogP contribution >= 0.6 is 23.2 Å². The number of aromatic nitrogens is 2. The molecule has 0 saturated carbocycles. The summed E-state index contributed by atoms with van der Waals surface area (Å²) in [7, 11) is 0. The maximum atomic E-state index is 12.5. The summed E-state index contributed by atoms with van der Waals surface area (Å²) in [6, 6.07) is -0.262. The molecule has 9 heteroatoms. The van der Waals surface area contributed by atoms with E-state index in [9.17, 15) is 4.79 Å². The summed E-state index contributed by atoms with van der Waals surface area (Å²) in [5.41, 5.74) is 7.54. The van der Waals surface area contributed by atoms with Gasteiger partial charge >= 0.3 is 0 Å². The summed E-state index contributed by atoms with van der Waals surface area (Å²) in [4.78, 5) is 21.2. The molecule has 0 spiro atoms. The van der Waals surface area contributed by atoms with Gasteiger partial charge in [0.05, 0.1) is 27.5 Å². The minimum atomic E-state index is -0.262. The van der Waals surface area contributed by atoms with Crippen molar-refractivity contribution in [2.45, 2.75) is 25.8 Å². The summed E-state index contributed by atoms with van der Waals surface area (Å²) in [6.45, 7) is 5.91. The second-order valence-corrected chi connectivity index (χ2v) is 6.61. The number of hydrogen-bond donors (Lipinski definition) is 3. The number of carbonyl (C=O) groups excluding carboxylic acids is 1. The van der Waals surface area contributed by atoms with Crippen LogP contribution in [0.3, 0.4) is 0 Å². The standard InChI is InChI=1S/C17H22Cl2N6O/c1-11(18)13(19)5-3-4-6-15(26)24-10-7-14(16(20)12(24)2)25(21)17-22-8-9-23-17/h3-5,8-9,12H,1,6-7,10,20-21H2,2H3,(H,22,23)/b4-3-,13-5+. The number of hydrazine groups is 1. The van der Waals surface area contributed by atoms with Gasteiger partial charge in [0.1, 0.15) is 0 Å².